The van der Waals surface area contributed by atoms with Crippen LogP contribution in [0.15, 0.2) is 12.4 Å². The molecule has 2 heterocycles. The van der Waals surface area contributed by atoms with Gasteiger partial charge in [0.1, 0.15) is 6.07 Å². The van der Waals surface area contributed by atoms with Crippen LogP contribution in [0.1, 0.15) is 19.4 Å². The third-order valence-corrected chi connectivity index (χ3v) is 2.79. The van der Waals surface area contributed by atoms with Gasteiger partial charge in [-0.05, 0) is 13.8 Å². The van der Waals surface area contributed by atoms with Crippen LogP contribution in [-0.2, 0) is 0 Å². The average Bonchev–Trinajstić information content (AvgIpc) is 2.32. The first kappa shape index (κ1) is 10.8. The lowest BCUT2D eigenvalue weighted by Crippen LogP contribution is -2.55. The van der Waals surface area contributed by atoms with E-state index in [2.05, 4.69) is 34.0 Å². The minimum absolute atomic E-state index is 0.379. The summed E-state index contributed by atoms with van der Waals surface area (Å²) in [4.78, 5) is 10.6. The van der Waals surface area contributed by atoms with Gasteiger partial charge in [-0.2, -0.15) is 5.26 Å². The molecule has 0 radical (unpaired) electrons. The van der Waals surface area contributed by atoms with Gasteiger partial charge in [-0.3, -0.25) is 0 Å². The topological polar surface area (TPSA) is 64.8 Å². The molecule has 1 saturated heterocycles. The van der Waals surface area contributed by atoms with Crippen LogP contribution in [0.4, 0.5) is 5.95 Å². The van der Waals surface area contributed by atoms with Crippen molar-refractivity contribution in [3.8, 4) is 6.07 Å². The maximum atomic E-state index is 8.68. The van der Waals surface area contributed by atoms with E-state index < -0.39 is 0 Å². The predicted molar refractivity (Wildman–Crippen MR) is 61.0 cm³/mol. The first-order chi connectivity index (χ1) is 7.70. The molecule has 0 spiro atoms. The molecule has 0 aromatic carbocycles. The van der Waals surface area contributed by atoms with Crippen LogP contribution in [0, 0.1) is 11.3 Å². The second kappa shape index (κ2) is 4.45. The van der Waals surface area contributed by atoms with E-state index in [-0.39, 0.29) is 0 Å². The molecule has 1 fully saturated rings. The van der Waals surface area contributed by atoms with Gasteiger partial charge in [-0.25, -0.2) is 9.97 Å². The fourth-order valence-electron chi connectivity index (χ4n) is 1.83. The molecule has 0 unspecified atom stereocenters. The molecule has 1 aliphatic heterocycles. The number of aromatic nitrogens is 2. The Morgan fingerprint density at radius 1 is 1.44 bits per heavy atom. The average molecular weight is 217 g/mol. The number of piperazine rings is 1. The first-order valence-electron chi connectivity index (χ1n) is 5.43. The van der Waals surface area contributed by atoms with Gasteiger partial charge in [0.25, 0.3) is 0 Å². The van der Waals surface area contributed by atoms with Crippen LogP contribution in [-0.4, -0.2) is 35.1 Å². The fourth-order valence-corrected chi connectivity index (χ4v) is 1.83. The summed E-state index contributed by atoms with van der Waals surface area (Å²) in [7, 11) is 0. The molecule has 1 aromatic rings. The smallest absolute Gasteiger partial charge is 0.225 e. The molecule has 0 bridgehead atoms. The number of nitrogens with one attached hydrogen (secondary N) is 1. The van der Waals surface area contributed by atoms with Crippen LogP contribution < -0.4 is 10.2 Å². The molecule has 5 heteroatoms. The van der Waals surface area contributed by atoms with Crippen molar-refractivity contribution in [1.29, 1.82) is 5.26 Å². The summed E-state index contributed by atoms with van der Waals surface area (Å²) >= 11 is 0. The van der Waals surface area contributed by atoms with Crippen LogP contribution in [0.25, 0.3) is 0 Å². The summed E-state index contributed by atoms with van der Waals surface area (Å²) in [5.41, 5.74) is 0.500. The third kappa shape index (κ3) is 2.12. The zero-order chi connectivity index (χ0) is 11.5. The van der Waals surface area contributed by atoms with Gasteiger partial charge in [-0.1, -0.05) is 0 Å². The molecule has 0 amide bonds. The summed E-state index contributed by atoms with van der Waals surface area (Å²) in [6, 6.07) is 2.84. The highest BCUT2D eigenvalue weighted by atomic mass is 15.3. The van der Waals surface area contributed by atoms with Crippen molar-refractivity contribution >= 4 is 5.95 Å². The molecule has 2 rings (SSSR count). The van der Waals surface area contributed by atoms with Crippen LogP contribution in [0.5, 0.6) is 0 Å². The van der Waals surface area contributed by atoms with Gasteiger partial charge in [0, 0.05) is 25.2 Å². The van der Waals surface area contributed by atoms with Gasteiger partial charge in [0.2, 0.25) is 5.95 Å². The van der Waals surface area contributed by atoms with Crippen molar-refractivity contribution in [3.63, 3.8) is 0 Å². The number of nitriles is 1. The molecule has 0 aliphatic carbocycles. The Morgan fingerprint density at radius 3 is 2.75 bits per heavy atom. The van der Waals surface area contributed by atoms with Crippen molar-refractivity contribution in [2.75, 3.05) is 18.0 Å². The van der Waals surface area contributed by atoms with Crippen LogP contribution in [0.3, 0.4) is 0 Å². The van der Waals surface area contributed by atoms with Crippen molar-refractivity contribution in [2.45, 2.75) is 25.9 Å². The molecular weight excluding hydrogens is 202 g/mol. The summed E-state index contributed by atoms with van der Waals surface area (Å²) < 4.78 is 0. The van der Waals surface area contributed by atoms with Gasteiger partial charge in [0.15, 0.2) is 0 Å². The summed E-state index contributed by atoms with van der Waals surface area (Å²) in [5, 5.41) is 12.1. The van der Waals surface area contributed by atoms with Gasteiger partial charge < -0.3 is 10.2 Å². The predicted octanol–water partition coefficient (Wildman–Crippen LogP) is 0.535. The van der Waals surface area contributed by atoms with E-state index >= 15 is 0 Å². The van der Waals surface area contributed by atoms with E-state index in [0.717, 1.165) is 13.1 Å². The normalized spacial score (nSPS) is 25.2. The van der Waals surface area contributed by atoms with E-state index in [1.807, 2.05) is 6.07 Å². The van der Waals surface area contributed by atoms with Crippen LogP contribution >= 0.6 is 0 Å². The highest BCUT2D eigenvalue weighted by Gasteiger charge is 2.24. The molecule has 5 nitrogen and oxygen atoms in total. The lowest BCUT2D eigenvalue weighted by atomic mass is 10.1. The Labute approximate surface area is 95.1 Å². The fraction of sp³-hybridized carbons (Fsp3) is 0.545. The van der Waals surface area contributed by atoms with E-state index in [9.17, 15) is 0 Å². The molecule has 1 N–H and O–H groups in total. The maximum Gasteiger partial charge on any atom is 0.225 e. The first-order valence-corrected chi connectivity index (χ1v) is 5.43. The van der Waals surface area contributed by atoms with Gasteiger partial charge in [-0.15, -0.1) is 0 Å². The quantitative estimate of drug-likeness (QED) is 0.743. The van der Waals surface area contributed by atoms with E-state index in [1.54, 1.807) is 12.4 Å². The van der Waals surface area contributed by atoms with E-state index in [4.69, 9.17) is 5.26 Å². The second-order valence-corrected chi connectivity index (χ2v) is 4.19. The number of anilines is 1. The molecule has 2 atom stereocenters. The number of hydrogen-bond donors (Lipinski definition) is 1. The second-order valence-electron chi connectivity index (χ2n) is 4.19. The van der Waals surface area contributed by atoms with Crippen molar-refractivity contribution in [1.82, 2.24) is 15.3 Å². The SMILES string of the molecule is C[C@@H]1CN[C@@H](C)CN1c1ncc(C#N)cn1. The zero-order valence-corrected chi connectivity index (χ0v) is 9.51. The van der Waals surface area contributed by atoms with Gasteiger partial charge in [0.05, 0.1) is 18.0 Å². The maximum absolute atomic E-state index is 8.68. The molecule has 16 heavy (non-hydrogen) atoms. The number of rotatable bonds is 1. The molecule has 1 aliphatic rings. The Bertz CT molecular complexity index is 394. The third-order valence-electron chi connectivity index (χ3n) is 2.79. The Balaban J connectivity index is 2.18. The molecule has 1 aromatic heterocycles. The van der Waals surface area contributed by atoms with E-state index in [0.29, 0.717) is 23.6 Å². The lowest BCUT2D eigenvalue weighted by molar-refractivity contribution is 0.420. The molecule has 0 saturated carbocycles. The Kier molecular flexibility index (Phi) is 3.02. The van der Waals surface area contributed by atoms with E-state index in [1.165, 1.54) is 0 Å². The number of nitrogens with zero attached hydrogens (tertiary/aromatic N) is 4. The zero-order valence-electron chi connectivity index (χ0n) is 9.51. The molecular formula is C11H15N5. The largest absolute Gasteiger partial charge is 0.335 e. The minimum atomic E-state index is 0.379. The lowest BCUT2D eigenvalue weighted by Gasteiger charge is -2.37. The number of hydrogen-bond acceptors (Lipinski definition) is 5. The van der Waals surface area contributed by atoms with Crippen molar-refractivity contribution in [2.24, 2.45) is 0 Å². The minimum Gasteiger partial charge on any atom is -0.335 e. The van der Waals surface area contributed by atoms with Crippen molar-refractivity contribution in [3.05, 3.63) is 18.0 Å². The van der Waals surface area contributed by atoms with Gasteiger partial charge >= 0.3 is 0 Å². The Morgan fingerprint density at radius 2 is 2.12 bits per heavy atom. The summed E-state index contributed by atoms with van der Waals surface area (Å²) in [5.74, 6) is 0.708. The Hall–Kier alpha value is -1.67. The standard InChI is InChI=1S/C11H15N5/c1-8-7-16(9(2)4-13-8)11-14-5-10(3-12)6-15-11/h5-6,8-9,13H,4,7H2,1-2H3/t8-,9+/m0/s1. The summed E-state index contributed by atoms with van der Waals surface area (Å²) in [6.45, 7) is 6.11. The highest BCUT2D eigenvalue weighted by Crippen LogP contribution is 2.14. The highest BCUT2D eigenvalue weighted by molar-refractivity contribution is 5.35. The molecule has 84 valence electrons. The van der Waals surface area contributed by atoms with Crippen molar-refractivity contribution < 1.29 is 0 Å². The van der Waals surface area contributed by atoms with Crippen LogP contribution in [0.2, 0.25) is 0 Å². The summed E-state index contributed by atoms with van der Waals surface area (Å²) in [6.07, 6.45) is 3.14. The monoisotopic (exact) mass is 217 g/mol.